The van der Waals surface area contributed by atoms with Crippen LogP contribution in [0.1, 0.15) is 32.3 Å². The molecule has 0 bridgehead atoms. The van der Waals surface area contributed by atoms with Crippen molar-refractivity contribution in [1.82, 2.24) is 5.32 Å². The van der Waals surface area contributed by atoms with Crippen LogP contribution in [-0.2, 0) is 11.3 Å². The molecule has 1 unspecified atom stereocenters. The molecule has 0 saturated heterocycles. The largest absolute Gasteiger partial charge is 0.383 e. The highest BCUT2D eigenvalue weighted by atomic mass is 16.5. The van der Waals surface area contributed by atoms with Crippen LogP contribution in [-0.4, -0.2) is 32.8 Å². The quantitative estimate of drug-likeness (QED) is 0.750. The molecular formula is C17H28N2O. The smallest absolute Gasteiger partial charge is 0.0637 e. The predicted molar refractivity (Wildman–Crippen MR) is 85.2 cm³/mol. The molecule has 1 aliphatic rings. The normalized spacial score (nSPS) is 16.1. The van der Waals surface area contributed by atoms with Gasteiger partial charge in [-0.2, -0.15) is 0 Å². The second kappa shape index (κ2) is 7.65. The van der Waals surface area contributed by atoms with Crippen LogP contribution in [0, 0.1) is 5.92 Å². The van der Waals surface area contributed by atoms with Crippen LogP contribution in [0.25, 0.3) is 0 Å². The van der Waals surface area contributed by atoms with E-state index in [0.29, 0.717) is 6.04 Å². The number of anilines is 1. The van der Waals surface area contributed by atoms with Gasteiger partial charge in [-0.05, 0) is 49.9 Å². The molecule has 1 aliphatic carbocycles. The van der Waals surface area contributed by atoms with Gasteiger partial charge < -0.3 is 15.0 Å². The van der Waals surface area contributed by atoms with Gasteiger partial charge in [0.05, 0.1) is 6.61 Å². The van der Waals surface area contributed by atoms with Gasteiger partial charge in [-0.1, -0.05) is 19.1 Å². The van der Waals surface area contributed by atoms with Gasteiger partial charge in [-0.15, -0.1) is 0 Å². The molecule has 1 N–H and O–H groups in total. The Kier molecular flexibility index (Phi) is 5.86. The first-order valence-corrected chi connectivity index (χ1v) is 7.81. The molecule has 20 heavy (non-hydrogen) atoms. The lowest BCUT2D eigenvalue weighted by atomic mass is 10.1. The van der Waals surface area contributed by atoms with Crippen LogP contribution in [0.5, 0.6) is 0 Å². The van der Waals surface area contributed by atoms with Crippen molar-refractivity contribution in [2.75, 3.05) is 31.7 Å². The fourth-order valence-corrected chi connectivity index (χ4v) is 2.67. The van der Waals surface area contributed by atoms with Gasteiger partial charge in [0, 0.05) is 31.9 Å². The molecule has 3 nitrogen and oxygen atoms in total. The number of nitrogens with zero attached hydrogens (tertiary/aromatic N) is 1. The van der Waals surface area contributed by atoms with E-state index in [0.717, 1.165) is 32.2 Å². The summed E-state index contributed by atoms with van der Waals surface area (Å²) in [5.74, 6) is 0.869. The van der Waals surface area contributed by atoms with Crippen LogP contribution >= 0.6 is 0 Å². The number of hydrogen-bond acceptors (Lipinski definition) is 3. The Labute approximate surface area is 123 Å². The van der Waals surface area contributed by atoms with E-state index in [2.05, 4.69) is 48.3 Å². The molecule has 112 valence electrons. The summed E-state index contributed by atoms with van der Waals surface area (Å²) in [4.78, 5) is 2.50. The highest BCUT2D eigenvalue weighted by molar-refractivity contribution is 5.49. The summed E-state index contributed by atoms with van der Waals surface area (Å²) in [6.07, 6.45) is 2.76. The second-order valence-corrected chi connectivity index (χ2v) is 5.71. The number of benzene rings is 1. The first-order valence-electron chi connectivity index (χ1n) is 7.81. The van der Waals surface area contributed by atoms with E-state index in [4.69, 9.17) is 4.74 Å². The van der Waals surface area contributed by atoms with Crippen molar-refractivity contribution in [2.24, 2.45) is 5.92 Å². The Hall–Kier alpha value is -1.06. The highest BCUT2D eigenvalue weighted by Gasteiger charge is 2.31. The molecule has 1 aromatic rings. The molecule has 0 radical (unpaired) electrons. The van der Waals surface area contributed by atoms with Crippen molar-refractivity contribution in [2.45, 2.75) is 39.3 Å². The third-order valence-electron chi connectivity index (χ3n) is 4.18. The van der Waals surface area contributed by atoms with Crippen LogP contribution in [0.4, 0.5) is 5.69 Å². The van der Waals surface area contributed by atoms with Gasteiger partial charge in [0.2, 0.25) is 0 Å². The molecule has 0 aromatic heterocycles. The van der Waals surface area contributed by atoms with Crippen molar-refractivity contribution in [3.63, 3.8) is 0 Å². The molecule has 0 amide bonds. The fraction of sp³-hybridized carbons (Fsp3) is 0.647. The number of ether oxygens (including phenoxy) is 1. The first-order chi connectivity index (χ1) is 9.76. The molecule has 0 heterocycles. The molecule has 0 spiro atoms. The third kappa shape index (κ3) is 4.22. The van der Waals surface area contributed by atoms with E-state index in [1.54, 1.807) is 7.11 Å². The van der Waals surface area contributed by atoms with Crippen LogP contribution in [0.2, 0.25) is 0 Å². The van der Waals surface area contributed by atoms with Gasteiger partial charge in [0.25, 0.3) is 0 Å². The summed E-state index contributed by atoms with van der Waals surface area (Å²) >= 11 is 0. The van der Waals surface area contributed by atoms with E-state index in [1.807, 2.05) is 0 Å². The zero-order valence-corrected chi connectivity index (χ0v) is 13.1. The standard InChI is InChI=1S/C17H28N2O/c1-4-18-13-15-5-9-17(10-6-15)19(11-12-20-3)14(2)16-7-8-16/h5-6,9-10,14,16,18H,4,7-8,11-13H2,1-3H3. The maximum atomic E-state index is 5.27. The van der Waals surface area contributed by atoms with Crippen molar-refractivity contribution in [3.8, 4) is 0 Å². The lowest BCUT2D eigenvalue weighted by Crippen LogP contribution is -2.37. The SMILES string of the molecule is CCNCc1ccc(N(CCOC)C(C)C2CC2)cc1. The van der Waals surface area contributed by atoms with Gasteiger partial charge in [-0.3, -0.25) is 0 Å². The lowest BCUT2D eigenvalue weighted by Gasteiger charge is -2.31. The predicted octanol–water partition coefficient (Wildman–Crippen LogP) is 3.05. The minimum absolute atomic E-state index is 0.616. The highest BCUT2D eigenvalue weighted by Crippen LogP contribution is 2.36. The number of hydrogen-bond donors (Lipinski definition) is 1. The maximum absolute atomic E-state index is 5.27. The Bertz CT molecular complexity index is 386. The van der Waals surface area contributed by atoms with Crippen molar-refractivity contribution >= 4 is 5.69 Å². The summed E-state index contributed by atoms with van der Waals surface area (Å²) in [6.45, 7) is 8.21. The second-order valence-electron chi connectivity index (χ2n) is 5.71. The average molecular weight is 276 g/mol. The maximum Gasteiger partial charge on any atom is 0.0637 e. The molecule has 1 saturated carbocycles. The summed E-state index contributed by atoms with van der Waals surface area (Å²) in [5, 5.41) is 3.36. The molecule has 0 aliphatic heterocycles. The van der Waals surface area contributed by atoms with Crippen molar-refractivity contribution in [3.05, 3.63) is 29.8 Å². The molecule has 2 rings (SSSR count). The Balaban J connectivity index is 2.02. The Morgan fingerprint density at radius 3 is 2.55 bits per heavy atom. The zero-order chi connectivity index (χ0) is 14.4. The summed E-state index contributed by atoms with van der Waals surface area (Å²) in [6, 6.07) is 9.59. The number of methoxy groups -OCH3 is 1. The molecule has 3 heteroatoms. The average Bonchev–Trinajstić information content (AvgIpc) is 3.31. The lowest BCUT2D eigenvalue weighted by molar-refractivity contribution is 0.202. The minimum atomic E-state index is 0.616. The van der Waals surface area contributed by atoms with Crippen molar-refractivity contribution in [1.29, 1.82) is 0 Å². The summed E-state index contributed by atoms with van der Waals surface area (Å²) in [5.41, 5.74) is 2.67. The first kappa shape index (κ1) is 15.3. The van der Waals surface area contributed by atoms with Gasteiger partial charge in [0.1, 0.15) is 0 Å². The van der Waals surface area contributed by atoms with Gasteiger partial charge >= 0.3 is 0 Å². The zero-order valence-electron chi connectivity index (χ0n) is 13.1. The molecule has 1 atom stereocenters. The van der Waals surface area contributed by atoms with E-state index in [9.17, 15) is 0 Å². The van der Waals surface area contributed by atoms with E-state index in [1.165, 1.54) is 24.1 Å². The number of rotatable bonds is 9. The van der Waals surface area contributed by atoms with E-state index >= 15 is 0 Å². The summed E-state index contributed by atoms with van der Waals surface area (Å²) in [7, 11) is 1.78. The monoisotopic (exact) mass is 276 g/mol. The van der Waals surface area contributed by atoms with Crippen LogP contribution in [0.15, 0.2) is 24.3 Å². The Morgan fingerprint density at radius 2 is 2.00 bits per heavy atom. The van der Waals surface area contributed by atoms with Crippen LogP contribution < -0.4 is 10.2 Å². The van der Waals surface area contributed by atoms with E-state index < -0.39 is 0 Å². The van der Waals surface area contributed by atoms with Crippen molar-refractivity contribution < 1.29 is 4.74 Å². The van der Waals surface area contributed by atoms with Gasteiger partial charge in [-0.25, -0.2) is 0 Å². The van der Waals surface area contributed by atoms with Crippen LogP contribution in [0.3, 0.4) is 0 Å². The molecule has 1 fully saturated rings. The Morgan fingerprint density at radius 1 is 1.30 bits per heavy atom. The molecule has 1 aromatic carbocycles. The number of nitrogens with one attached hydrogen (secondary N) is 1. The fourth-order valence-electron chi connectivity index (χ4n) is 2.67. The topological polar surface area (TPSA) is 24.5 Å². The third-order valence-corrected chi connectivity index (χ3v) is 4.18. The summed E-state index contributed by atoms with van der Waals surface area (Å²) < 4.78 is 5.27. The van der Waals surface area contributed by atoms with E-state index in [-0.39, 0.29) is 0 Å². The molecular weight excluding hydrogens is 248 g/mol. The van der Waals surface area contributed by atoms with Gasteiger partial charge in [0.15, 0.2) is 0 Å². The minimum Gasteiger partial charge on any atom is -0.383 e.